The van der Waals surface area contributed by atoms with E-state index in [1.54, 1.807) is 19.4 Å². The zero-order chi connectivity index (χ0) is 26.7. The standard InChI is InChI=1S/C27H36N6O4/c1-5-6-17(2)33(27(35)36)21-8-7-20(15-22(21)37-4)24-25-18(3)29-11-14-32(25)26(30-24)19-9-12-31(13-10-19)23(34)16-28/h7-8,11,14-15,17,19H,5-6,9-10,12-13,16,28H2,1-4H3,(H,35,36)/t17-/m0/s1. The predicted octanol–water partition coefficient (Wildman–Crippen LogP) is 4.05. The summed E-state index contributed by atoms with van der Waals surface area (Å²) in [5.41, 5.74) is 9.40. The molecule has 37 heavy (non-hydrogen) atoms. The fourth-order valence-electron chi connectivity index (χ4n) is 5.32. The van der Waals surface area contributed by atoms with Crippen LogP contribution in [0.4, 0.5) is 10.5 Å². The Kier molecular flexibility index (Phi) is 7.97. The van der Waals surface area contributed by atoms with Crippen molar-refractivity contribution in [3.63, 3.8) is 0 Å². The Morgan fingerprint density at radius 2 is 2.03 bits per heavy atom. The number of imidazole rings is 1. The first kappa shape index (κ1) is 26.4. The highest BCUT2D eigenvalue weighted by Crippen LogP contribution is 2.38. The van der Waals surface area contributed by atoms with Crippen molar-refractivity contribution in [2.75, 3.05) is 31.6 Å². The number of nitrogens with two attached hydrogens (primary N) is 1. The minimum Gasteiger partial charge on any atom is -0.495 e. The van der Waals surface area contributed by atoms with Crippen molar-refractivity contribution in [3.05, 3.63) is 42.1 Å². The molecular formula is C27H36N6O4. The molecule has 2 amide bonds. The number of carbonyl (C=O) groups excluding carboxylic acids is 1. The molecule has 1 saturated heterocycles. The molecule has 0 unspecified atom stereocenters. The van der Waals surface area contributed by atoms with Crippen LogP contribution in [0.5, 0.6) is 5.75 Å². The van der Waals surface area contributed by atoms with Crippen molar-refractivity contribution < 1.29 is 19.4 Å². The number of nitrogens with zero attached hydrogens (tertiary/aromatic N) is 5. The molecule has 0 bridgehead atoms. The molecule has 3 heterocycles. The quantitative estimate of drug-likeness (QED) is 0.470. The molecule has 1 aliphatic rings. The Labute approximate surface area is 217 Å². The van der Waals surface area contributed by atoms with Crippen LogP contribution in [0.2, 0.25) is 0 Å². The zero-order valence-electron chi connectivity index (χ0n) is 22.0. The van der Waals surface area contributed by atoms with Gasteiger partial charge in [0.25, 0.3) is 0 Å². The van der Waals surface area contributed by atoms with Crippen molar-refractivity contribution in [1.29, 1.82) is 0 Å². The Morgan fingerprint density at radius 3 is 2.65 bits per heavy atom. The number of rotatable bonds is 8. The van der Waals surface area contributed by atoms with E-state index in [0.717, 1.165) is 54.0 Å². The number of hydrogen-bond acceptors (Lipinski definition) is 6. The van der Waals surface area contributed by atoms with E-state index >= 15 is 0 Å². The second-order valence-electron chi connectivity index (χ2n) is 9.59. The molecule has 2 aromatic heterocycles. The van der Waals surface area contributed by atoms with Crippen molar-refractivity contribution >= 4 is 23.2 Å². The third kappa shape index (κ3) is 5.11. The van der Waals surface area contributed by atoms with Gasteiger partial charge in [-0.25, -0.2) is 9.78 Å². The van der Waals surface area contributed by atoms with Crippen LogP contribution in [-0.4, -0.2) is 69.2 Å². The van der Waals surface area contributed by atoms with Crippen molar-refractivity contribution in [1.82, 2.24) is 19.3 Å². The zero-order valence-corrected chi connectivity index (χ0v) is 22.0. The van der Waals surface area contributed by atoms with E-state index in [9.17, 15) is 14.7 Å². The van der Waals surface area contributed by atoms with Crippen LogP contribution in [0.25, 0.3) is 16.8 Å². The molecule has 198 valence electrons. The first-order valence-electron chi connectivity index (χ1n) is 12.8. The minimum absolute atomic E-state index is 0.0250. The van der Waals surface area contributed by atoms with Gasteiger partial charge in [0, 0.05) is 43.0 Å². The first-order chi connectivity index (χ1) is 17.8. The molecule has 3 aromatic rings. The summed E-state index contributed by atoms with van der Waals surface area (Å²) in [6.45, 7) is 7.23. The molecule has 1 aromatic carbocycles. The summed E-state index contributed by atoms with van der Waals surface area (Å²) >= 11 is 0. The lowest BCUT2D eigenvalue weighted by Gasteiger charge is -2.31. The molecule has 10 heteroatoms. The third-order valence-electron chi connectivity index (χ3n) is 7.22. The summed E-state index contributed by atoms with van der Waals surface area (Å²) in [4.78, 5) is 37.0. The van der Waals surface area contributed by atoms with Crippen molar-refractivity contribution in [2.24, 2.45) is 5.73 Å². The number of benzene rings is 1. The van der Waals surface area contributed by atoms with Crippen molar-refractivity contribution in [3.8, 4) is 17.0 Å². The van der Waals surface area contributed by atoms with Gasteiger partial charge >= 0.3 is 6.09 Å². The molecule has 1 atom stereocenters. The van der Waals surface area contributed by atoms with E-state index < -0.39 is 6.09 Å². The maximum Gasteiger partial charge on any atom is 0.412 e. The number of hydrogen-bond donors (Lipinski definition) is 2. The van der Waals surface area contributed by atoms with Crippen LogP contribution < -0.4 is 15.4 Å². The van der Waals surface area contributed by atoms with Gasteiger partial charge in [-0.2, -0.15) is 0 Å². The molecule has 10 nitrogen and oxygen atoms in total. The number of carboxylic acid groups (broad SMARTS) is 1. The maximum absolute atomic E-state index is 12.1. The lowest BCUT2D eigenvalue weighted by molar-refractivity contribution is -0.130. The van der Waals surface area contributed by atoms with Gasteiger partial charge in [-0.3, -0.25) is 19.1 Å². The normalized spacial score (nSPS) is 15.1. The minimum atomic E-state index is -1.01. The van der Waals surface area contributed by atoms with E-state index in [-0.39, 0.29) is 24.4 Å². The van der Waals surface area contributed by atoms with Crippen LogP contribution >= 0.6 is 0 Å². The smallest absolute Gasteiger partial charge is 0.412 e. The Bertz CT molecular complexity index is 1280. The fourth-order valence-corrected chi connectivity index (χ4v) is 5.32. The summed E-state index contributed by atoms with van der Waals surface area (Å²) in [6.07, 6.45) is 5.91. The van der Waals surface area contributed by atoms with Crippen LogP contribution in [0.3, 0.4) is 0 Å². The molecule has 0 aliphatic carbocycles. The highest BCUT2D eigenvalue weighted by molar-refractivity contribution is 5.90. The van der Waals surface area contributed by atoms with Crippen LogP contribution in [0.15, 0.2) is 30.6 Å². The molecule has 0 radical (unpaired) electrons. The second kappa shape index (κ2) is 11.2. The lowest BCUT2D eigenvalue weighted by Crippen LogP contribution is -2.41. The van der Waals surface area contributed by atoms with Gasteiger partial charge in [0.05, 0.1) is 36.2 Å². The highest BCUT2D eigenvalue weighted by atomic mass is 16.5. The Balaban J connectivity index is 1.75. The number of carbonyl (C=O) groups is 2. The monoisotopic (exact) mass is 508 g/mol. The summed E-state index contributed by atoms with van der Waals surface area (Å²) in [5.74, 6) is 1.56. The van der Waals surface area contributed by atoms with E-state index in [1.165, 1.54) is 4.90 Å². The van der Waals surface area contributed by atoms with Crippen LogP contribution in [-0.2, 0) is 4.79 Å². The van der Waals surface area contributed by atoms with Gasteiger partial charge in [-0.15, -0.1) is 0 Å². The van der Waals surface area contributed by atoms with Gasteiger partial charge in [0.15, 0.2) is 0 Å². The number of amides is 2. The van der Waals surface area contributed by atoms with Crippen LogP contribution in [0.1, 0.15) is 57.0 Å². The maximum atomic E-state index is 12.1. The number of aromatic nitrogens is 3. The Hall–Kier alpha value is -3.66. The van der Waals surface area contributed by atoms with Crippen molar-refractivity contribution in [2.45, 2.75) is 58.4 Å². The fraction of sp³-hybridized carbons (Fsp3) is 0.481. The molecule has 4 rings (SSSR count). The van der Waals surface area contributed by atoms with Gasteiger partial charge in [-0.1, -0.05) is 19.4 Å². The number of methoxy groups -OCH3 is 1. The molecule has 0 saturated carbocycles. The number of piperidine rings is 1. The molecular weight excluding hydrogens is 472 g/mol. The number of anilines is 1. The highest BCUT2D eigenvalue weighted by Gasteiger charge is 2.29. The van der Waals surface area contributed by atoms with E-state index in [4.69, 9.17) is 15.5 Å². The Morgan fingerprint density at radius 1 is 1.30 bits per heavy atom. The molecule has 0 spiro atoms. The van der Waals surface area contributed by atoms with E-state index in [0.29, 0.717) is 24.5 Å². The number of aryl methyl sites for hydroxylation is 1. The van der Waals surface area contributed by atoms with Gasteiger partial charge < -0.3 is 20.5 Å². The summed E-state index contributed by atoms with van der Waals surface area (Å²) in [5, 5.41) is 9.94. The topological polar surface area (TPSA) is 126 Å². The second-order valence-corrected chi connectivity index (χ2v) is 9.59. The predicted molar refractivity (Wildman–Crippen MR) is 142 cm³/mol. The van der Waals surface area contributed by atoms with E-state index in [1.807, 2.05) is 44.0 Å². The first-order valence-corrected chi connectivity index (χ1v) is 12.8. The number of ether oxygens (including phenoxy) is 1. The third-order valence-corrected chi connectivity index (χ3v) is 7.22. The number of fused-ring (bicyclic) bond motifs is 1. The molecule has 1 aliphatic heterocycles. The summed E-state index contributed by atoms with van der Waals surface area (Å²) < 4.78 is 7.77. The van der Waals surface area contributed by atoms with Crippen LogP contribution in [0, 0.1) is 6.92 Å². The summed E-state index contributed by atoms with van der Waals surface area (Å²) in [7, 11) is 1.55. The number of likely N-dealkylation sites (tertiary alicyclic amines) is 1. The molecule has 3 N–H and O–H groups in total. The van der Waals surface area contributed by atoms with Gasteiger partial charge in [0.2, 0.25) is 5.91 Å². The van der Waals surface area contributed by atoms with Gasteiger partial charge in [0.1, 0.15) is 11.6 Å². The average molecular weight is 509 g/mol. The largest absolute Gasteiger partial charge is 0.495 e. The lowest BCUT2D eigenvalue weighted by atomic mass is 9.96. The van der Waals surface area contributed by atoms with Gasteiger partial charge in [-0.05, 0) is 45.2 Å². The SMILES string of the molecule is CCC[C@H](C)N(C(=O)O)c1ccc(-c2nc(C3CCN(C(=O)CN)CC3)n3ccnc(C)c23)cc1OC. The van der Waals surface area contributed by atoms with E-state index in [2.05, 4.69) is 9.38 Å². The average Bonchev–Trinajstić information content (AvgIpc) is 3.29. The molecule has 1 fully saturated rings. The summed E-state index contributed by atoms with van der Waals surface area (Å²) in [6, 6.07) is 5.35.